The lowest BCUT2D eigenvalue weighted by atomic mass is 10.2. The molecule has 0 heterocycles. The lowest BCUT2D eigenvalue weighted by Gasteiger charge is -2.08. The number of nitro benzene ring substituents is 1. The molecule has 2 aromatic rings. The number of carboxylic acid groups (broad SMARTS) is 1. The molecule has 0 bridgehead atoms. The zero-order chi connectivity index (χ0) is 15.4. The minimum absolute atomic E-state index is 0.0160. The van der Waals surface area contributed by atoms with Crippen molar-refractivity contribution in [2.24, 2.45) is 0 Å². The largest absolute Gasteiger partial charge is 0.489 e. The third-order valence-corrected chi connectivity index (χ3v) is 3.44. The molecule has 2 rings (SSSR count). The molecule has 6 nitrogen and oxygen atoms in total. The van der Waals surface area contributed by atoms with E-state index in [1.54, 1.807) is 30.3 Å². The van der Waals surface area contributed by atoms with Gasteiger partial charge in [0.1, 0.15) is 12.4 Å². The number of benzene rings is 2. The topological polar surface area (TPSA) is 89.7 Å². The van der Waals surface area contributed by atoms with Gasteiger partial charge < -0.3 is 9.84 Å². The highest BCUT2D eigenvalue weighted by Crippen LogP contribution is 2.25. The minimum Gasteiger partial charge on any atom is -0.489 e. The number of carboxylic acids is 1. The molecule has 0 unspecified atom stereocenters. The summed E-state index contributed by atoms with van der Waals surface area (Å²) in [5.41, 5.74) is 0.449. The zero-order valence-corrected chi connectivity index (χ0v) is 12.2. The van der Waals surface area contributed by atoms with Crippen LogP contribution in [0.15, 0.2) is 46.9 Å². The van der Waals surface area contributed by atoms with E-state index in [2.05, 4.69) is 15.9 Å². The summed E-state index contributed by atoms with van der Waals surface area (Å²) < 4.78 is 5.88. The number of nitro groups is 1. The molecule has 0 aliphatic rings. The Morgan fingerprint density at radius 2 is 2.00 bits per heavy atom. The van der Waals surface area contributed by atoms with Crippen LogP contribution in [0.2, 0.25) is 0 Å². The lowest BCUT2D eigenvalue weighted by Crippen LogP contribution is -2.02. The van der Waals surface area contributed by atoms with Gasteiger partial charge in [-0.3, -0.25) is 10.1 Å². The molecular weight excluding hydrogens is 342 g/mol. The first kappa shape index (κ1) is 15.0. The van der Waals surface area contributed by atoms with Crippen LogP contribution >= 0.6 is 15.9 Å². The molecule has 0 aromatic heterocycles. The SMILES string of the molecule is O=C(O)c1cc(OCc2ccccc2[N+](=O)[O-])ccc1Br. The molecule has 0 saturated carbocycles. The molecule has 0 atom stereocenters. The number of carbonyl (C=O) groups is 1. The van der Waals surface area contributed by atoms with E-state index in [-0.39, 0.29) is 17.9 Å². The summed E-state index contributed by atoms with van der Waals surface area (Å²) in [7, 11) is 0. The van der Waals surface area contributed by atoms with Crippen LogP contribution < -0.4 is 4.74 Å². The van der Waals surface area contributed by atoms with Crippen molar-refractivity contribution in [2.75, 3.05) is 0 Å². The van der Waals surface area contributed by atoms with E-state index in [4.69, 9.17) is 9.84 Å². The van der Waals surface area contributed by atoms with Crippen molar-refractivity contribution in [2.45, 2.75) is 6.61 Å². The molecule has 0 spiro atoms. The van der Waals surface area contributed by atoms with Crippen LogP contribution in [-0.4, -0.2) is 16.0 Å². The zero-order valence-electron chi connectivity index (χ0n) is 10.7. The lowest BCUT2D eigenvalue weighted by molar-refractivity contribution is -0.385. The Morgan fingerprint density at radius 1 is 1.29 bits per heavy atom. The second-order valence-corrected chi connectivity index (χ2v) is 4.98. The molecule has 0 amide bonds. The Kier molecular flexibility index (Phi) is 4.54. The Hall–Kier alpha value is -2.41. The van der Waals surface area contributed by atoms with Crippen molar-refractivity contribution in [3.05, 3.63) is 68.2 Å². The average Bonchev–Trinajstić information content (AvgIpc) is 2.46. The van der Waals surface area contributed by atoms with Gasteiger partial charge in [0.25, 0.3) is 5.69 Å². The van der Waals surface area contributed by atoms with Crippen LogP contribution in [0.25, 0.3) is 0 Å². The van der Waals surface area contributed by atoms with Crippen LogP contribution in [0.4, 0.5) is 5.69 Å². The molecule has 7 heteroatoms. The maximum absolute atomic E-state index is 11.0. The van der Waals surface area contributed by atoms with Gasteiger partial charge in [0, 0.05) is 10.5 Å². The first-order valence-electron chi connectivity index (χ1n) is 5.87. The normalized spacial score (nSPS) is 10.1. The molecule has 1 N–H and O–H groups in total. The van der Waals surface area contributed by atoms with Crippen LogP contribution in [0, 0.1) is 10.1 Å². The maximum Gasteiger partial charge on any atom is 0.336 e. The number of nitrogens with zero attached hydrogens (tertiary/aromatic N) is 1. The average molecular weight is 352 g/mol. The molecular formula is C14H10BrNO5. The molecule has 108 valence electrons. The van der Waals surface area contributed by atoms with Crippen molar-refractivity contribution < 1.29 is 19.6 Å². The van der Waals surface area contributed by atoms with E-state index in [0.717, 1.165) is 0 Å². The van der Waals surface area contributed by atoms with Gasteiger partial charge in [-0.2, -0.15) is 0 Å². The highest BCUT2D eigenvalue weighted by Gasteiger charge is 2.14. The molecule has 0 radical (unpaired) electrons. The predicted molar refractivity (Wildman–Crippen MR) is 78.5 cm³/mol. The molecule has 0 aliphatic heterocycles. The van der Waals surface area contributed by atoms with Crippen molar-refractivity contribution in [3.63, 3.8) is 0 Å². The number of ether oxygens (including phenoxy) is 1. The van der Waals surface area contributed by atoms with E-state index in [9.17, 15) is 14.9 Å². The molecule has 2 aromatic carbocycles. The van der Waals surface area contributed by atoms with E-state index in [1.165, 1.54) is 12.1 Å². The molecule has 21 heavy (non-hydrogen) atoms. The summed E-state index contributed by atoms with van der Waals surface area (Å²) >= 11 is 3.13. The van der Waals surface area contributed by atoms with Gasteiger partial charge in [0.2, 0.25) is 0 Å². The fourth-order valence-corrected chi connectivity index (χ4v) is 2.15. The Balaban J connectivity index is 2.19. The second-order valence-electron chi connectivity index (χ2n) is 4.12. The number of rotatable bonds is 5. The summed E-state index contributed by atoms with van der Waals surface area (Å²) in [4.78, 5) is 21.4. The Morgan fingerprint density at radius 3 is 2.67 bits per heavy atom. The van der Waals surface area contributed by atoms with Crippen LogP contribution in [0.1, 0.15) is 15.9 Å². The summed E-state index contributed by atoms with van der Waals surface area (Å²) in [5.74, 6) is -0.758. The number of aromatic carboxylic acids is 1. The summed E-state index contributed by atoms with van der Waals surface area (Å²) in [6.45, 7) is -0.0160. The summed E-state index contributed by atoms with van der Waals surface area (Å²) in [6.07, 6.45) is 0. The number of hydrogen-bond acceptors (Lipinski definition) is 4. The van der Waals surface area contributed by atoms with Gasteiger partial charge in [-0.25, -0.2) is 4.79 Å². The van der Waals surface area contributed by atoms with E-state index >= 15 is 0 Å². The second kappa shape index (κ2) is 6.36. The van der Waals surface area contributed by atoms with Crippen molar-refractivity contribution in [1.82, 2.24) is 0 Å². The highest BCUT2D eigenvalue weighted by atomic mass is 79.9. The highest BCUT2D eigenvalue weighted by molar-refractivity contribution is 9.10. The first-order chi connectivity index (χ1) is 9.99. The monoisotopic (exact) mass is 351 g/mol. The van der Waals surface area contributed by atoms with E-state index < -0.39 is 10.9 Å². The standard InChI is InChI=1S/C14H10BrNO5/c15-12-6-5-10(7-11(12)14(17)18)21-8-9-3-1-2-4-13(9)16(19)20/h1-7H,8H2,(H,17,18). The Bertz CT molecular complexity index is 702. The van der Waals surface area contributed by atoms with Gasteiger partial charge in [-0.1, -0.05) is 12.1 Å². The summed E-state index contributed by atoms with van der Waals surface area (Å²) in [5, 5.41) is 19.9. The predicted octanol–water partition coefficient (Wildman–Crippen LogP) is 3.63. The smallest absolute Gasteiger partial charge is 0.336 e. The minimum atomic E-state index is -1.09. The Labute approximate surface area is 128 Å². The number of halogens is 1. The summed E-state index contributed by atoms with van der Waals surface area (Å²) in [6, 6.07) is 10.7. The van der Waals surface area contributed by atoms with Crippen LogP contribution in [0.5, 0.6) is 5.75 Å². The van der Waals surface area contributed by atoms with Gasteiger partial charge in [-0.15, -0.1) is 0 Å². The van der Waals surface area contributed by atoms with Gasteiger partial charge >= 0.3 is 5.97 Å². The molecule has 0 saturated heterocycles. The van der Waals surface area contributed by atoms with Crippen LogP contribution in [0.3, 0.4) is 0 Å². The quantitative estimate of drug-likeness (QED) is 0.656. The third-order valence-electron chi connectivity index (χ3n) is 2.75. The van der Waals surface area contributed by atoms with Gasteiger partial charge in [0.05, 0.1) is 16.1 Å². The molecule has 0 fully saturated rings. The molecule has 0 aliphatic carbocycles. The number of hydrogen-bond donors (Lipinski definition) is 1. The van der Waals surface area contributed by atoms with E-state index in [0.29, 0.717) is 15.8 Å². The van der Waals surface area contributed by atoms with E-state index in [1.807, 2.05) is 0 Å². The van der Waals surface area contributed by atoms with Crippen molar-refractivity contribution in [1.29, 1.82) is 0 Å². The maximum atomic E-state index is 11.0. The van der Waals surface area contributed by atoms with Crippen molar-refractivity contribution in [3.8, 4) is 5.75 Å². The van der Waals surface area contributed by atoms with Crippen LogP contribution in [-0.2, 0) is 6.61 Å². The van der Waals surface area contributed by atoms with Gasteiger partial charge in [0.15, 0.2) is 0 Å². The first-order valence-corrected chi connectivity index (χ1v) is 6.66. The number of para-hydroxylation sites is 1. The van der Waals surface area contributed by atoms with Crippen molar-refractivity contribution >= 4 is 27.6 Å². The third kappa shape index (κ3) is 3.57. The fourth-order valence-electron chi connectivity index (χ4n) is 1.73. The van der Waals surface area contributed by atoms with Gasteiger partial charge in [-0.05, 0) is 40.2 Å². The fraction of sp³-hybridized carbons (Fsp3) is 0.0714.